The summed E-state index contributed by atoms with van der Waals surface area (Å²) in [7, 11) is 1.82. The van der Waals surface area contributed by atoms with Crippen molar-refractivity contribution in [1.29, 1.82) is 0 Å². The van der Waals surface area contributed by atoms with E-state index in [1.807, 2.05) is 18.0 Å². The maximum Gasteiger partial charge on any atom is 0.271 e. The van der Waals surface area contributed by atoms with Crippen LogP contribution in [-0.2, 0) is 7.05 Å². The van der Waals surface area contributed by atoms with Gasteiger partial charge >= 0.3 is 0 Å². The van der Waals surface area contributed by atoms with Crippen LogP contribution in [0.4, 0.5) is 5.95 Å². The highest BCUT2D eigenvalue weighted by Crippen LogP contribution is 2.20. The van der Waals surface area contributed by atoms with Gasteiger partial charge in [0.15, 0.2) is 5.78 Å². The Morgan fingerprint density at radius 3 is 2.50 bits per heavy atom. The van der Waals surface area contributed by atoms with Crippen LogP contribution in [0.3, 0.4) is 0 Å². The van der Waals surface area contributed by atoms with Gasteiger partial charge < -0.3 is 14.4 Å². The zero-order chi connectivity index (χ0) is 19.5. The van der Waals surface area contributed by atoms with E-state index in [0.29, 0.717) is 30.8 Å². The number of anilines is 1. The van der Waals surface area contributed by atoms with Crippen LogP contribution >= 0.6 is 0 Å². The fourth-order valence-electron chi connectivity index (χ4n) is 3.97. The summed E-state index contributed by atoms with van der Waals surface area (Å²) >= 11 is 0. The van der Waals surface area contributed by atoms with Gasteiger partial charge in [-0.2, -0.15) is 0 Å². The number of Topliss-reactive ketones (excluding diaryl/α,β-unsaturated/α-hetero) is 1. The van der Waals surface area contributed by atoms with Gasteiger partial charge in [0.05, 0.1) is 0 Å². The molecule has 28 heavy (non-hydrogen) atoms. The van der Waals surface area contributed by atoms with Gasteiger partial charge in [-0.3, -0.25) is 14.5 Å². The molecule has 1 saturated heterocycles. The van der Waals surface area contributed by atoms with Crippen LogP contribution in [0.2, 0.25) is 0 Å². The zero-order valence-corrected chi connectivity index (χ0v) is 16.3. The van der Waals surface area contributed by atoms with Gasteiger partial charge in [-0.05, 0) is 25.1 Å². The Kier molecular flexibility index (Phi) is 5.38. The largest absolute Gasteiger partial charge is 0.346 e. The molecule has 4 rings (SSSR count). The summed E-state index contributed by atoms with van der Waals surface area (Å²) in [5, 5.41) is 0. The molecule has 0 aromatic carbocycles. The third kappa shape index (κ3) is 3.77. The van der Waals surface area contributed by atoms with Crippen molar-refractivity contribution in [3.05, 3.63) is 42.0 Å². The molecule has 2 aromatic heterocycles. The first-order chi connectivity index (χ1) is 13.6. The molecule has 0 saturated carbocycles. The van der Waals surface area contributed by atoms with Gasteiger partial charge in [0.25, 0.3) is 5.91 Å². The summed E-state index contributed by atoms with van der Waals surface area (Å²) in [5.41, 5.74) is 1.09. The first-order valence-electron chi connectivity index (χ1n) is 9.85. The molecule has 1 amide bonds. The molecule has 0 bridgehead atoms. The second-order valence-corrected chi connectivity index (χ2v) is 7.39. The van der Waals surface area contributed by atoms with Crippen molar-refractivity contribution >= 4 is 17.6 Å². The fraction of sp³-hybridized carbons (Fsp3) is 0.500. The minimum Gasteiger partial charge on any atom is -0.346 e. The Balaban J connectivity index is 1.27. The third-order valence-corrected chi connectivity index (χ3v) is 5.58. The van der Waals surface area contributed by atoms with E-state index < -0.39 is 0 Å². The zero-order valence-electron chi connectivity index (χ0n) is 16.3. The number of nitrogens with zero attached hydrogens (tertiary/aromatic N) is 6. The van der Waals surface area contributed by atoms with Gasteiger partial charge in [0, 0.05) is 76.9 Å². The fourth-order valence-corrected chi connectivity index (χ4v) is 3.97. The van der Waals surface area contributed by atoms with Crippen LogP contribution in [0.15, 0.2) is 30.7 Å². The summed E-state index contributed by atoms with van der Waals surface area (Å²) in [4.78, 5) is 40.2. The monoisotopic (exact) mass is 382 g/mol. The third-order valence-electron chi connectivity index (χ3n) is 5.58. The molecule has 2 aliphatic heterocycles. The van der Waals surface area contributed by atoms with Crippen molar-refractivity contribution < 1.29 is 9.59 Å². The molecule has 2 aromatic rings. The van der Waals surface area contributed by atoms with Crippen LogP contribution in [0.1, 0.15) is 33.7 Å². The van der Waals surface area contributed by atoms with Crippen LogP contribution in [0, 0.1) is 0 Å². The van der Waals surface area contributed by atoms with Crippen molar-refractivity contribution in [3.63, 3.8) is 0 Å². The van der Waals surface area contributed by atoms with Crippen molar-refractivity contribution in [2.24, 2.45) is 7.05 Å². The number of carbonyl (C=O) groups excluding carboxylic acids is 2. The number of piperazine rings is 1. The molecule has 0 N–H and O–H groups in total. The van der Waals surface area contributed by atoms with E-state index >= 15 is 0 Å². The lowest BCUT2D eigenvalue weighted by Crippen LogP contribution is -2.47. The molecule has 0 radical (unpaired) electrons. The predicted octanol–water partition coefficient (Wildman–Crippen LogP) is 1.06. The summed E-state index contributed by atoms with van der Waals surface area (Å²) < 4.78 is 1.76. The normalized spacial score (nSPS) is 18.3. The Hall–Kier alpha value is -2.74. The maximum atomic E-state index is 12.9. The van der Waals surface area contributed by atoms with Gasteiger partial charge in [-0.25, -0.2) is 9.97 Å². The van der Waals surface area contributed by atoms with Gasteiger partial charge in [0.1, 0.15) is 5.69 Å². The quantitative estimate of drug-likeness (QED) is 0.770. The van der Waals surface area contributed by atoms with Crippen molar-refractivity contribution in [2.45, 2.75) is 12.8 Å². The van der Waals surface area contributed by atoms with Crippen molar-refractivity contribution in [1.82, 2.24) is 24.3 Å². The number of amides is 1. The topological polar surface area (TPSA) is 74.6 Å². The van der Waals surface area contributed by atoms with Crippen LogP contribution in [0.25, 0.3) is 0 Å². The molecule has 0 atom stereocenters. The minimum absolute atomic E-state index is 0.0283. The molecule has 2 aliphatic rings. The minimum atomic E-state index is -0.0283. The number of ketones is 1. The second kappa shape index (κ2) is 8.10. The summed E-state index contributed by atoms with van der Waals surface area (Å²) in [6, 6.07) is 3.59. The highest BCUT2D eigenvalue weighted by molar-refractivity contribution is 6.08. The Bertz CT molecular complexity index is 842. The molecule has 148 valence electrons. The first-order valence-corrected chi connectivity index (χ1v) is 9.85. The average molecular weight is 382 g/mol. The number of hydrogen-bond donors (Lipinski definition) is 0. The summed E-state index contributed by atoms with van der Waals surface area (Å²) in [6.45, 7) is 5.88. The van der Waals surface area contributed by atoms with E-state index in [1.165, 1.54) is 0 Å². The Labute approximate surface area is 164 Å². The number of rotatable bonds is 5. The lowest BCUT2D eigenvalue weighted by molar-refractivity contribution is 0.0741. The van der Waals surface area contributed by atoms with Gasteiger partial charge in [-0.1, -0.05) is 0 Å². The molecule has 0 spiro atoms. The molecular formula is C20H26N6O2. The molecular weight excluding hydrogens is 356 g/mol. The highest BCUT2D eigenvalue weighted by atomic mass is 16.2. The Morgan fingerprint density at radius 2 is 1.75 bits per heavy atom. The lowest BCUT2D eigenvalue weighted by Gasteiger charge is -2.35. The number of aromatic nitrogens is 3. The standard InChI is InChI=1S/C20H26N6O2/c1-23-10-4-16-17(27)5-11-25(19(28)18(16)23)9-3-8-24-12-14-26(15-13-24)20-21-6-2-7-22-20/h2,4,6-7,10H,3,5,8-9,11-15H2,1H3. The summed E-state index contributed by atoms with van der Waals surface area (Å²) in [6.07, 6.45) is 6.64. The second-order valence-electron chi connectivity index (χ2n) is 7.39. The molecule has 0 unspecified atom stereocenters. The smallest absolute Gasteiger partial charge is 0.271 e. The van der Waals surface area contributed by atoms with E-state index in [4.69, 9.17) is 0 Å². The number of fused-ring (bicyclic) bond motifs is 1. The lowest BCUT2D eigenvalue weighted by atomic mass is 10.1. The van der Waals surface area contributed by atoms with Gasteiger partial charge in [0.2, 0.25) is 5.95 Å². The van der Waals surface area contributed by atoms with Gasteiger partial charge in [-0.15, -0.1) is 0 Å². The number of hydrogen-bond acceptors (Lipinski definition) is 6. The van der Waals surface area contributed by atoms with E-state index in [9.17, 15) is 9.59 Å². The number of aryl methyl sites for hydroxylation is 1. The maximum absolute atomic E-state index is 12.9. The van der Waals surface area contributed by atoms with E-state index in [0.717, 1.165) is 45.1 Å². The highest BCUT2D eigenvalue weighted by Gasteiger charge is 2.29. The Morgan fingerprint density at radius 1 is 1.00 bits per heavy atom. The molecule has 1 fully saturated rings. The van der Waals surface area contributed by atoms with Crippen molar-refractivity contribution in [3.8, 4) is 0 Å². The average Bonchev–Trinajstić information content (AvgIpc) is 3.07. The predicted molar refractivity (Wildman–Crippen MR) is 106 cm³/mol. The summed E-state index contributed by atoms with van der Waals surface area (Å²) in [5.74, 6) is 0.824. The molecule has 8 nitrogen and oxygen atoms in total. The molecule has 8 heteroatoms. The van der Waals surface area contributed by atoms with E-state index in [-0.39, 0.29) is 11.7 Å². The van der Waals surface area contributed by atoms with Crippen LogP contribution < -0.4 is 4.90 Å². The number of carbonyl (C=O) groups is 2. The van der Waals surface area contributed by atoms with E-state index in [1.54, 1.807) is 29.2 Å². The first kappa shape index (κ1) is 18.6. The van der Waals surface area contributed by atoms with E-state index in [2.05, 4.69) is 19.8 Å². The van der Waals surface area contributed by atoms with Crippen LogP contribution in [0.5, 0.6) is 0 Å². The SMILES string of the molecule is Cn1ccc2c1C(=O)N(CCCN1CCN(c3ncccn3)CC1)CCC2=O. The van der Waals surface area contributed by atoms with Crippen molar-refractivity contribution in [2.75, 3.05) is 50.7 Å². The molecule has 4 heterocycles. The van der Waals surface area contributed by atoms with Crippen LogP contribution in [-0.4, -0.2) is 81.8 Å². The molecule has 0 aliphatic carbocycles.